The number of methoxy groups -OCH3 is 1. The lowest BCUT2D eigenvalue weighted by Gasteiger charge is -2.23. The number of fused-ring (bicyclic) bond motifs is 1. The van der Waals surface area contributed by atoms with Crippen LogP contribution in [0.4, 0.5) is 0 Å². The molecule has 2 amide bonds. The number of hydrogen-bond donors (Lipinski definition) is 3. The smallest absolute Gasteiger partial charge is 0.268 e. The summed E-state index contributed by atoms with van der Waals surface area (Å²) in [4.78, 5) is 42.1. The van der Waals surface area contributed by atoms with Crippen molar-refractivity contribution in [3.63, 3.8) is 0 Å². The third-order valence-electron chi connectivity index (χ3n) is 5.58. The number of ketones is 1. The Morgan fingerprint density at radius 2 is 2.16 bits per heavy atom. The fraction of sp³-hybridized carbons (Fsp3) is 0.478. The van der Waals surface area contributed by atoms with Gasteiger partial charge in [0.2, 0.25) is 5.91 Å². The minimum Gasteiger partial charge on any atom is -0.496 e. The molecule has 2 heterocycles. The highest BCUT2D eigenvalue weighted by molar-refractivity contribution is 6.01. The van der Waals surface area contributed by atoms with Crippen LogP contribution in [0.1, 0.15) is 37.2 Å². The topological polar surface area (TPSA) is 127 Å². The third-order valence-corrected chi connectivity index (χ3v) is 5.58. The maximum atomic E-state index is 13.0. The van der Waals surface area contributed by atoms with Gasteiger partial charge in [-0.2, -0.15) is 5.26 Å². The van der Waals surface area contributed by atoms with E-state index < -0.39 is 11.9 Å². The number of nitrogens with one attached hydrogen (secondary N) is 3. The van der Waals surface area contributed by atoms with E-state index in [0.29, 0.717) is 30.8 Å². The molecule has 1 fully saturated rings. The molecule has 3 N–H and O–H groups in total. The largest absolute Gasteiger partial charge is 0.496 e. The lowest BCUT2D eigenvalue weighted by molar-refractivity contribution is -0.124. The number of benzene rings is 1. The van der Waals surface area contributed by atoms with Gasteiger partial charge in [-0.3, -0.25) is 14.4 Å². The number of carbonyl (C=O) groups is 3. The standard InChI is InChI=1S/C23H29N5O4/c1-14(2)9-18(20(29)12-28(13-24)11-15-7-8-25-22(15)30)27-23(31)19-10-16-17(26-19)5-4-6-21(16)32-3/h4-6,10,14-15,18,26H,7-9,11-12H2,1-3H3,(H,25,30)(H,27,31)/t15?,18-/m0/s1. The van der Waals surface area contributed by atoms with Gasteiger partial charge in [-0.25, -0.2) is 0 Å². The van der Waals surface area contributed by atoms with Crippen LogP contribution in [-0.2, 0) is 9.59 Å². The van der Waals surface area contributed by atoms with Gasteiger partial charge >= 0.3 is 0 Å². The SMILES string of the molecule is COc1cccc2[nH]c(C(=O)N[C@@H](CC(C)C)C(=O)CN(C#N)CC3CCNC3=O)cc12. The van der Waals surface area contributed by atoms with Crippen LogP contribution in [0.3, 0.4) is 0 Å². The Morgan fingerprint density at radius 3 is 2.78 bits per heavy atom. The number of nitriles is 1. The molecule has 0 aliphatic carbocycles. The van der Waals surface area contributed by atoms with Crippen molar-refractivity contribution < 1.29 is 19.1 Å². The van der Waals surface area contributed by atoms with E-state index in [4.69, 9.17) is 4.74 Å². The Kier molecular flexibility index (Phi) is 7.36. The molecule has 1 aromatic carbocycles. The molecule has 170 valence electrons. The van der Waals surface area contributed by atoms with Crippen LogP contribution in [-0.4, -0.2) is 60.3 Å². The van der Waals surface area contributed by atoms with E-state index in [1.54, 1.807) is 13.2 Å². The number of aromatic nitrogens is 1. The van der Waals surface area contributed by atoms with Crippen molar-refractivity contribution in [1.29, 1.82) is 5.26 Å². The molecule has 1 aliphatic rings. The number of Topliss-reactive ketones (excluding diaryl/α,β-unsaturated/α-hetero) is 1. The van der Waals surface area contributed by atoms with Gasteiger partial charge in [-0.1, -0.05) is 19.9 Å². The first-order chi connectivity index (χ1) is 15.3. The molecular weight excluding hydrogens is 410 g/mol. The predicted octanol–water partition coefficient (Wildman–Crippen LogP) is 1.81. The van der Waals surface area contributed by atoms with Crippen LogP contribution in [0.2, 0.25) is 0 Å². The first kappa shape index (κ1) is 23.1. The number of carbonyl (C=O) groups excluding carboxylic acids is 3. The van der Waals surface area contributed by atoms with Crippen molar-refractivity contribution in [1.82, 2.24) is 20.5 Å². The van der Waals surface area contributed by atoms with E-state index in [9.17, 15) is 19.6 Å². The summed E-state index contributed by atoms with van der Waals surface area (Å²) < 4.78 is 5.34. The molecule has 1 saturated heterocycles. The lowest BCUT2D eigenvalue weighted by atomic mass is 9.99. The first-order valence-corrected chi connectivity index (χ1v) is 10.7. The van der Waals surface area contributed by atoms with Gasteiger partial charge in [0.25, 0.3) is 5.91 Å². The number of rotatable bonds is 10. The zero-order valence-electron chi connectivity index (χ0n) is 18.6. The maximum Gasteiger partial charge on any atom is 0.268 e. The monoisotopic (exact) mass is 439 g/mol. The van der Waals surface area contributed by atoms with Crippen molar-refractivity contribution in [3.8, 4) is 11.9 Å². The summed E-state index contributed by atoms with van der Waals surface area (Å²) in [5, 5.41) is 15.8. The number of hydrogen-bond acceptors (Lipinski definition) is 6. The van der Waals surface area contributed by atoms with Crippen molar-refractivity contribution in [2.24, 2.45) is 11.8 Å². The summed E-state index contributed by atoms with van der Waals surface area (Å²) in [5.41, 5.74) is 1.08. The Morgan fingerprint density at radius 1 is 1.38 bits per heavy atom. The fourth-order valence-electron chi connectivity index (χ4n) is 3.93. The Bertz CT molecular complexity index is 1040. The molecule has 9 nitrogen and oxygen atoms in total. The van der Waals surface area contributed by atoms with Crippen LogP contribution in [0.15, 0.2) is 24.3 Å². The molecule has 1 unspecified atom stereocenters. The highest BCUT2D eigenvalue weighted by Crippen LogP contribution is 2.26. The zero-order valence-corrected chi connectivity index (χ0v) is 18.6. The second-order valence-electron chi connectivity index (χ2n) is 8.48. The molecule has 0 radical (unpaired) electrons. The van der Waals surface area contributed by atoms with Crippen LogP contribution in [0, 0.1) is 23.3 Å². The van der Waals surface area contributed by atoms with Crippen LogP contribution in [0.5, 0.6) is 5.75 Å². The summed E-state index contributed by atoms with van der Waals surface area (Å²) in [6.07, 6.45) is 3.09. The van der Waals surface area contributed by atoms with Crippen molar-refractivity contribution in [2.75, 3.05) is 26.7 Å². The Hall–Kier alpha value is -3.54. The lowest BCUT2D eigenvalue weighted by Crippen LogP contribution is -2.46. The molecule has 2 aromatic rings. The normalized spacial score (nSPS) is 16.5. The van der Waals surface area contributed by atoms with Gasteiger partial charge in [-0.05, 0) is 37.0 Å². The molecule has 32 heavy (non-hydrogen) atoms. The van der Waals surface area contributed by atoms with Crippen LogP contribution < -0.4 is 15.4 Å². The number of amides is 2. The van der Waals surface area contributed by atoms with Crippen molar-refractivity contribution in [2.45, 2.75) is 32.7 Å². The van der Waals surface area contributed by atoms with Gasteiger partial charge in [0, 0.05) is 24.0 Å². The Labute approximate surface area is 187 Å². The number of H-pyrrole nitrogens is 1. The first-order valence-electron chi connectivity index (χ1n) is 10.7. The van der Waals surface area contributed by atoms with Gasteiger partial charge in [0.1, 0.15) is 11.4 Å². The highest BCUT2D eigenvalue weighted by Gasteiger charge is 2.29. The minimum absolute atomic E-state index is 0.0982. The van der Waals surface area contributed by atoms with E-state index in [2.05, 4.69) is 15.6 Å². The minimum atomic E-state index is -0.746. The van der Waals surface area contributed by atoms with E-state index in [0.717, 1.165) is 10.9 Å². The average Bonchev–Trinajstić information content (AvgIpc) is 3.38. The number of nitrogens with zero attached hydrogens (tertiary/aromatic N) is 2. The van der Waals surface area contributed by atoms with E-state index in [1.165, 1.54) is 4.90 Å². The summed E-state index contributed by atoms with van der Waals surface area (Å²) in [5.74, 6) is -0.265. The van der Waals surface area contributed by atoms with Crippen molar-refractivity contribution in [3.05, 3.63) is 30.0 Å². The molecule has 9 heteroatoms. The quantitative estimate of drug-likeness (QED) is 0.383. The second-order valence-corrected chi connectivity index (χ2v) is 8.48. The molecule has 2 atom stereocenters. The zero-order chi connectivity index (χ0) is 23.3. The second kappa shape index (κ2) is 10.2. The maximum absolute atomic E-state index is 13.0. The van der Waals surface area contributed by atoms with Crippen LogP contribution >= 0.6 is 0 Å². The van der Waals surface area contributed by atoms with Crippen molar-refractivity contribution >= 4 is 28.5 Å². The molecule has 1 aliphatic heterocycles. The summed E-state index contributed by atoms with van der Waals surface area (Å²) >= 11 is 0. The average molecular weight is 440 g/mol. The number of ether oxygens (including phenoxy) is 1. The van der Waals surface area contributed by atoms with E-state index in [1.807, 2.05) is 38.2 Å². The number of aromatic amines is 1. The van der Waals surface area contributed by atoms with E-state index >= 15 is 0 Å². The summed E-state index contributed by atoms with van der Waals surface area (Å²) in [7, 11) is 1.56. The Balaban J connectivity index is 1.71. The third kappa shape index (κ3) is 5.38. The molecule has 0 saturated carbocycles. The highest BCUT2D eigenvalue weighted by atomic mass is 16.5. The summed E-state index contributed by atoms with van der Waals surface area (Å²) in [6, 6.07) is 6.43. The molecule has 3 rings (SSSR count). The molecule has 0 spiro atoms. The molecular formula is C23H29N5O4. The van der Waals surface area contributed by atoms with E-state index in [-0.39, 0.29) is 36.6 Å². The molecule has 1 aromatic heterocycles. The van der Waals surface area contributed by atoms with Gasteiger partial charge in [0.15, 0.2) is 12.0 Å². The fourth-order valence-corrected chi connectivity index (χ4v) is 3.93. The van der Waals surface area contributed by atoms with Crippen LogP contribution in [0.25, 0.3) is 10.9 Å². The van der Waals surface area contributed by atoms with Gasteiger partial charge in [0.05, 0.1) is 25.6 Å². The van der Waals surface area contributed by atoms with Gasteiger partial charge in [-0.15, -0.1) is 0 Å². The predicted molar refractivity (Wildman–Crippen MR) is 119 cm³/mol. The summed E-state index contributed by atoms with van der Waals surface area (Å²) in [6.45, 7) is 4.55. The molecule has 0 bridgehead atoms. The van der Waals surface area contributed by atoms with Gasteiger partial charge < -0.3 is 25.3 Å².